The number of carboxylic acid groups (broad SMARTS) is 3. The molecule has 8 heterocycles. The van der Waals surface area contributed by atoms with Crippen LogP contribution in [-0.4, -0.2) is 210 Å². The van der Waals surface area contributed by atoms with Crippen molar-refractivity contribution in [3.05, 3.63) is 109 Å². The van der Waals surface area contributed by atoms with Gasteiger partial charge in [-0.15, -0.1) is 4.57 Å². The number of carbonyl (C=O) groups is 11. The number of hydrogen-bond acceptors (Lipinski definition) is 26. The molecule has 0 saturated heterocycles. The lowest BCUT2D eigenvalue weighted by molar-refractivity contribution is -0.685. The van der Waals surface area contributed by atoms with Gasteiger partial charge >= 0.3 is 65.8 Å². The normalized spacial score (nSPS) is 14.7. The number of ether oxygens (including phenoxy) is 6. The molecule has 0 spiro atoms. The number of fused-ring (bicyclic) bond motifs is 2. The molecule has 0 fully saturated rings. The van der Waals surface area contributed by atoms with E-state index in [1.165, 1.54) is 84.5 Å². The van der Waals surface area contributed by atoms with Gasteiger partial charge in [-0.2, -0.15) is 0 Å². The third-order valence-electron chi connectivity index (χ3n) is 12.6. The van der Waals surface area contributed by atoms with Crippen LogP contribution in [0.25, 0.3) is 0 Å². The summed E-state index contributed by atoms with van der Waals surface area (Å²) in [5.41, 5.74) is 14.0. The number of aromatic nitrogens is 12. The lowest BCUT2D eigenvalue weighted by Crippen LogP contribution is -2.49. The lowest BCUT2D eigenvalue weighted by atomic mass is 10.1. The van der Waals surface area contributed by atoms with Crippen molar-refractivity contribution in [2.45, 2.75) is 161 Å². The molecule has 98 heavy (non-hydrogen) atoms. The van der Waals surface area contributed by atoms with Crippen LogP contribution >= 0.6 is 18.8 Å². The summed E-state index contributed by atoms with van der Waals surface area (Å²) < 4.78 is 37.6. The van der Waals surface area contributed by atoms with E-state index in [2.05, 4.69) is 88.4 Å². The summed E-state index contributed by atoms with van der Waals surface area (Å²) in [7, 11) is 9.72. The maximum absolute atomic E-state index is 12.0. The summed E-state index contributed by atoms with van der Waals surface area (Å²) in [6.07, 6.45) is 21.0. The number of aliphatic carboxylic acids is 3. The van der Waals surface area contributed by atoms with Gasteiger partial charge in [-0.1, -0.05) is 18.8 Å². The average molecular weight is 1420 g/mol. The Morgan fingerprint density at radius 3 is 1.48 bits per heavy atom. The van der Waals surface area contributed by atoms with Crippen LogP contribution in [0.5, 0.6) is 0 Å². The molecule has 0 bridgehead atoms. The van der Waals surface area contributed by atoms with Crippen LogP contribution in [0.4, 0.5) is 9.59 Å². The first kappa shape index (κ1) is 82.4. The fraction of sp³-hybridized carbons (Fsp3) is 0.500. The number of nitrogens with zero attached hydrogens (tertiary/aromatic N) is 11. The van der Waals surface area contributed by atoms with Gasteiger partial charge in [0, 0.05) is 86.9 Å². The molecule has 12 N–H and O–H groups in total. The Morgan fingerprint density at radius 1 is 0.622 bits per heavy atom. The van der Waals surface area contributed by atoms with Crippen molar-refractivity contribution in [1.82, 2.24) is 73.5 Å². The largest absolute Gasteiger partial charge is 0.480 e. The molecule has 40 heteroatoms. The van der Waals surface area contributed by atoms with Crippen molar-refractivity contribution < 1.29 is 101 Å². The third-order valence-corrected chi connectivity index (χ3v) is 13.4. The Labute approximate surface area is 567 Å². The number of nitrogens with one attached hydrogen (secondary N) is 5. The van der Waals surface area contributed by atoms with Crippen LogP contribution in [0.1, 0.15) is 82.6 Å². The molecular formula is C58H87N18O20P2+. The number of methoxy groups -OCH3 is 4. The Hall–Kier alpha value is -9.87. The first-order chi connectivity index (χ1) is 46.0. The highest BCUT2D eigenvalue weighted by atomic mass is 31.0. The van der Waals surface area contributed by atoms with Gasteiger partial charge in [-0.3, -0.25) is 43.5 Å². The Kier molecular flexibility index (Phi) is 33.6. The monoisotopic (exact) mass is 1420 g/mol. The molecule has 2 aliphatic heterocycles. The zero-order valence-corrected chi connectivity index (χ0v) is 58.3. The first-order valence-corrected chi connectivity index (χ1v) is 30.7. The second-order valence-corrected chi connectivity index (χ2v) is 24.0. The number of carboxylic acids is 3. The van der Waals surface area contributed by atoms with Gasteiger partial charge in [-0.05, 0) is 48.5 Å². The second kappa shape index (κ2) is 40.0. The van der Waals surface area contributed by atoms with E-state index in [9.17, 15) is 52.7 Å². The molecule has 6 aromatic heterocycles. The van der Waals surface area contributed by atoms with Crippen LogP contribution < -0.4 is 36.8 Å². The molecule has 0 radical (unpaired) electrons. The van der Waals surface area contributed by atoms with Crippen LogP contribution in [-0.2, 0) is 136 Å². The summed E-state index contributed by atoms with van der Waals surface area (Å²) in [4.78, 5) is 146. The molecule has 2 unspecified atom stereocenters. The van der Waals surface area contributed by atoms with E-state index in [1.54, 1.807) is 67.2 Å². The molecule has 0 aromatic carbocycles. The molecule has 6 aromatic rings. The second-order valence-electron chi connectivity index (χ2n) is 23.4. The number of hydrogen-bond donors (Lipinski definition) is 10. The zero-order chi connectivity index (χ0) is 73.6. The summed E-state index contributed by atoms with van der Waals surface area (Å²) in [6.45, 7) is 12.5. The first-order valence-electron chi connectivity index (χ1n) is 29.6. The highest BCUT2D eigenvalue weighted by Gasteiger charge is 2.36. The number of esters is 6. The maximum atomic E-state index is 12.0. The van der Waals surface area contributed by atoms with Gasteiger partial charge in [0.1, 0.15) is 73.6 Å². The van der Waals surface area contributed by atoms with Gasteiger partial charge in [-0.25, -0.2) is 53.5 Å². The molecule has 38 nitrogen and oxygen atoms in total. The highest BCUT2D eigenvalue weighted by Crippen LogP contribution is 2.14. The van der Waals surface area contributed by atoms with Gasteiger partial charge in [0.05, 0.1) is 70.8 Å². The molecule has 2 aliphatic rings. The van der Waals surface area contributed by atoms with Gasteiger partial charge < -0.3 is 84.5 Å². The van der Waals surface area contributed by atoms with Gasteiger partial charge in [0.15, 0.2) is 12.2 Å². The third kappa shape index (κ3) is 30.0. The minimum atomic E-state index is -1.11. The summed E-state index contributed by atoms with van der Waals surface area (Å²) >= 11 is 0. The van der Waals surface area contributed by atoms with Crippen LogP contribution in [0, 0.1) is 0 Å². The van der Waals surface area contributed by atoms with Gasteiger partial charge in [0.25, 0.3) is 6.33 Å². The predicted molar refractivity (Wildman–Crippen MR) is 347 cm³/mol. The van der Waals surface area contributed by atoms with E-state index >= 15 is 0 Å². The number of amides is 2. The molecule has 8 rings (SSSR count). The highest BCUT2D eigenvalue weighted by molar-refractivity contribution is 7.14. The fourth-order valence-electron chi connectivity index (χ4n) is 8.44. The van der Waals surface area contributed by atoms with Gasteiger partial charge in [0.2, 0.25) is 0 Å². The van der Waals surface area contributed by atoms with E-state index in [-0.39, 0.29) is 56.6 Å². The topological polar surface area (TPSA) is 513 Å². The average Bonchev–Trinajstić information content (AvgIpc) is 1.64. The molecule has 538 valence electrons. The van der Waals surface area contributed by atoms with E-state index in [4.69, 9.17) is 36.3 Å². The van der Waals surface area contributed by atoms with Crippen LogP contribution in [0.15, 0.2) is 75.1 Å². The van der Waals surface area contributed by atoms with Crippen molar-refractivity contribution in [2.75, 3.05) is 28.4 Å². The number of H-pyrrole nitrogens is 1. The molecule has 0 saturated carbocycles. The van der Waals surface area contributed by atoms with Crippen molar-refractivity contribution in [1.29, 1.82) is 0 Å². The van der Waals surface area contributed by atoms with E-state index in [1.807, 2.05) is 27.7 Å². The fourth-order valence-corrected chi connectivity index (χ4v) is 8.95. The van der Waals surface area contributed by atoms with Crippen LogP contribution in [0.2, 0.25) is 0 Å². The maximum Gasteiger partial charge on any atom is 0.414 e. The molecular weight excluding hydrogens is 1330 g/mol. The summed E-state index contributed by atoms with van der Waals surface area (Å²) in [6, 6.07) is -3.91. The number of carbonyl (C=O) groups excluding carboxylic acids is 8. The van der Waals surface area contributed by atoms with Crippen molar-refractivity contribution in [3.63, 3.8) is 0 Å². The van der Waals surface area contributed by atoms with Crippen molar-refractivity contribution >= 4 is 84.6 Å². The number of rotatable bonds is 23. The molecule has 0 aliphatic carbocycles. The predicted octanol–water partition coefficient (Wildman–Crippen LogP) is -1.35. The van der Waals surface area contributed by atoms with E-state index in [0.717, 1.165) is 12.1 Å². The van der Waals surface area contributed by atoms with E-state index in [0.29, 0.717) is 54.2 Å². The Morgan fingerprint density at radius 2 is 1.07 bits per heavy atom. The lowest BCUT2D eigenvalue weighted by Gasteiger charge is -2.22. The molecule has 2 amide bonds. The van der Waals surface area contributed by atoms with Crippen LogP contribution in [0.3, 0.4) is 0 Å². The SMILES string of the molecule is COC(=O)[C@@H]1Cc2c[n+](CC(=O)OC(C)(C)C)cn2C(=O)N1.COC(=O)[C@@H]1Cc2cncn2C(=O)N1.COC(=O)[C@H](Cc1cn(CC(=O)O)cn1)NP.COC(=O)[C@H](Cc1cn(CC(=O)OC(C)(C)C)cn1)NP.C[C@H](N)Cc1cnc[nH]1.N[C@@H](Cc1cn(CC(=O)O)cn1)C(=O)O. The zero-order valence-electron chi connectivity index (χ0n) is 56.0. The standard InChI is InChI=1S/C14H19N3O5.C13H22N3O4P.C9H14N3O4P.C8H11N3O4.C8H9N3O3.C6H11N3/c1-14(2,3)22-11(18)7-16-6-9-5-10(12(19)21-4)15-13(20)17(9)8-16;1-13(2,3)20-11(17)7-16-6-9(14-8-16)5-10(15-21)12(18)19-4;1-16-9(15)7(11-17)2-6-3-12(5-10-6)4-8(13)14;9-6(8(14)15)1-5-2-11(4-10-5)3-7(12)13;1-14-7(12)6-2-5-3-9-4-11(5)8(13)10-6;1-5(7)2-6-3-8-4-9-6/h6,8,10H,5,7H2,1-4H3;6,8,10,15H,5,7,21H2,1-4H3;3,5,7,11H,2,4,17H2,1H3,(H,13,14);2,4,6H,1,3,9H2,(H,12,13)(H,14,15);3-4,6H,2H2,1H3,(H,10,13);3-5H,2,7H2,1H3,(H,8,9)/p+1/t2*10-;7-;2*6-;5-/m000000/s1. The Bertz CT molecular complexity index is 3610. The van der Waals surface area contributed by atoms with E-state index < -0.39 is 89.2 Å². The minimum absolute atomic E-state index is 0.00651. The number of imidazole rings is 6. The number of aromatic amines is 1. The smallest absolute Gasteiger partial charge is 0.414 e. The minimum Gasteiger partial charge on any atom is -0.480 e. The Balaban J connectivity index is 0.000000311. The number of nitrogens with two attached hydrogens (primary N) is 2. The summed E-state index contributed by atoms with van der Waals surface area (Å²) in [5.74, 6) is -5.47. The van der Waals surface area contributed by atoms with Crippen molar-refractivity contribution in [3.8, 4) is 0 Å². The molecule has 8 atom stereocenters. The van der Waals surface area contributed by atoms with Crippen molar-refractivity contribution in [2.24, 2.45) is 11.5 Å². The summed E-state index contributed by atoms with van der Waals surface area (Å²) in [5, 5.41) is 36.2. The quantitative estimate of drug-likeness (QED) is 0.0153.